The van der Waals surface area contributed by atoms with Crippen molar-refractivity contribution in [2.75, 3.05) is 5.73 Å². The summed E-state index contributed by atoms with van der Waals surface area (Å²) in [7, 11) is 1.92. The molecule has 2 aromatic carbocycles. The molecular formula is C22H19N7O. The molecule has 0 spiro atoms. The molecule has 30 heavy (non-hydrogen) atoms. The summed E-state index contributed by atoms with van der Waals surface area (Å²) < 4.78 is 4.91. The van der Waals surface area contributed by atoms with E-state index in [2.05, 4.69) is 15.1 Å². The van der Waals surface area contributed by atoms with Crippen molar-refractivity contribution < 1.29 is 0 Å². The first-order valence-electron chi connectivity index (χ1n) is 9.46. The van der Waals surface area contributed by atoms with E-state index in [0.29, 0.717) is 18.1 Å². The molecule has 0 unspecified atom stereocenters. The van der Waals surface area contributed by atoms with Crippen molar-refractivity contribution in [3.63, 3.8) is 0 Å². The van der Waals surface area contributed by atoms with Crippen LogP contribution in [0.2, 0.25) is 0 Å². The predicted molar refractivity (Wildman–Crippen MR) is 115 cm³/mol. The van der Waals surface area contributed by atoms with Crippen molar-refractivity contribution in [1.82, 2.24) is 28.9 Å². The summed E-state index contributed by atoms with van der Waals surface area (Å²) in [6.45, 7) is 0.479. The third kappa shape index (κ3) is 2.95. The molecule has 0 saturated carbocycles. The first-order chi connectivity index (χ1) is 14.6. The van der Waals surface area contributed by atoms with E-state index in [4.69, 9.17) is 5.73 Å². The van der Waals surface area contributed by atoms with E-state index in [0.717, 1.165) is 27.7 Å². The minimum atomic E-state index is -0.186. The van der Waals surface area contributed by atoms with Crippen LogP contribution >= 0.6 is 0 Å². The normalized spacial score (nSPS) is 11.2. The van der Waals surface area contributed by atoms with Gasteiger partial charge in [-0.25, -0.2) is 14.8 Å². The topological polar surface area (TPSA) is 96.5 Å². The van der Waals surface area contributed by atoms with Gasteiger partial charge in [0.25, 0.3) is 0 Å². The van der Waals surface area contributed by atoms with Crippen molar-refractivity contribution in [3.05, 3.63) is 89.5 Å². The van der Waals surface area contributed by atoms with Gasteiger partial charge in [0.15, 0.2) is 0 Å². The lowest BCUT2D eigenvalue weighted by Gasteiger charge is -2.04. The first kappa shape index (κ1) is 17.9. The molecule has 2 N–H and O–H groups in total. The minimum Gasteiger partial charge on any atom is -0.383 e. The number of anilines is 1. The molecule has 0 saturated heterocycles. The van der Waals surface area contributed by atoms with Crippen molar-refractivity contribution in [2.45, 2.75) is 6.54 Å². The molecule has 0 radical (unpaired) electrons. The van der Waals surface area contributed by atoms with E-state index in [1.807, 2.05) is 72.4 Å². The van der Waals surface area contributed by atoms with Crippen molar-refractivity contribution in [1.29, 1.82) is 0 Å². The summed E-state index contributed by atoms with van der Waals surface area (Å²) >= 11 is 0. The van der Waals surface area contributed by atoms with E-state index in [1.165, 1.54) is 11.0 Å². The minimum absolute atomic E-state index is 0.186. The van der Waals surface area contributed by atoms with E-state index < -0.39 is 0 Å². The SMILES string of the molecule is Cn1cc(-c2ccc(-n3ncn(Cc4ccccc4)c3=O)cc2)c2c(N)ncnc21. The molecule has 148 valence electrons. The van der Waals surface area contributed by atoms with E-state index >= 15 is 0 Å². The lowest BCUT2D eigenvalue weighted by Crippen LogP contribution is -2.24. The second-order valence-corrected chi connectivity index (χ2v) is 7.10. The Hall–Kier alpha value is -4.20. The highest BCUT2D eigenvalue weighted by atomic mass is 16.2. The number of benzene rings is 2. The summed E-state index contributed by atoms with van der Waals surface area (Å²) in [4.78, 5) is 21.2. The molecule has 8 nitrogen and oxygen atoms in total. The Morgan fingerprint density at radius 1 is 1.00 bits per heavy atom. The van der Waals surface area contributed by atoms with Gasteiger partial charge in [0.1, 0.15) is 24.1 Å². The van der Waals surface area contributed by atoms with Crippen LogP contribution in [-0.4, -0.2) is 28.9 Å². The zero-order valence-electron chi connectivity index (χ0n) is 16.3. The average molecular weight is 397 g/mol. The zero-order chi connectivity index (χ0) is 20.7. The number of aromatic nitrogens is 6. The summed E-state index contributed by atoms with van der Waals surface area (Å²) in [5.41, 5.74) is 10.3. The van der Waals surface area contributed by atoms with Crippen molar-refractivity contribution in [2.24, 2.45) is 7.05 Å². The van der Waals surface area contributed by atoms with Gasteiger partial charge in [-0.2, -0.15) is 9.78 Å². The van der Waals surface area contributed by atoms with E-state index in [9.17, 15) is 4.79 Å². The van der Waals surface area contributed by atoms with Gasteiger partial charge in [0.05, 0.1) is 17.6 Å². The maximum absolute atomic E-state index is 12.8. The van der Waals surface area contributed by atoms with Crippen LogP contribution in [0.5, 0.6) is 0 Å². The number of fused-ring (bicyclic) bond motifs is 1. The standard InChI is InChI=1S/C22H19N7O/c1-27-12-18(19-20(23)24-13-25-21(19)27)16-7-9-17(10-8-16)29-22(30)28(14-26-29)11-15-5-3-2-4-6-15/h2-10,12-14H,11H2,1H3,(H2,23,24,25). The quantitative estimate of drug-likeness (QED) is 0.503. The number of nitrogen functional groups attached to an aromatic ring is 1. The van der Waals surface area contributed by atoms with Gasteiger partial charge in [-0.3, -0.25) is 4.57 Å². The smallest absolute Gasteiger partial charge is 0.350 e. The predicted octanol–water partition coefficient (Wildman–Crippen LogP) is 2.61. The number of hydrogen-bond donors (Lipinski definition) is 1. The van der Waals surface area contributed by atoms with Gasteiger partial charge in [-0.05, 0) is 23.3 Å². The molecule has 0 aliphatic carbocycles. The monoisotopic (exact) mass is 397 g/mol. The van der Waals surface area contributed by atoms with E-state index in [-0.39, 0.29) is 5.69 Å². The third-order valence-electron chi connectivity index (χ3n) is 5.13. The van der Waals surface area contributed by atoms with Crippen molar-refractivity contribution >= 4 is 16.9 Å². The van der Waals surface area contributed by atoms with Crippen LogP contribution in [0.25, 0.3) is 27.8 Å². The van der Waals surface area contributed by atoms with Gasteiger partial charge in [-0.15, -0.1) is 0 Å². The molecule has 5 rings (SSSR count). The number of nitrogens with two attached hydrogens (primary N) is 1. The fraction of sp³-hybridized carbons (Fsp3) is 0.0909. The Balaban J connectivity index is 1.49. The maximum atomic E-state index is 12.8. The Kier molecular flexibility index (Phi) is 4.17. The molecule has 5 aromatic rings. The molecule has 0 atom stereocenters. The van der Waals surface area contributed by atoms with Gasteiger partial charge in [0, 0.05) is 18.8 Å². The molecule has 0 amide bonds. The van der Waals surface area contributed by atoms with Gasteiger partial charge < -0.3 is 10.3 Å². The molecule has 0 fully saturated rings. The van der Waals surface area contributed by atoms with Gasteiger partial charge >= 0.3 is 5.69 Å². The van der Waals surface area contributed by atoms with Crippen LogP contribution in [0, 0.1) is 0 Å². The lowest BCUT2D eigenvalue weighted by atomic mass is 10.1. The first-order valence-corrected chi connectivity index (χ1v) is 9.46. The summed E-state index contributed by atoms with van der Waals surface area (Å²) in [5.74, 6) is 0.440. The molecular weight excluding hydrogens is 378 g/mol. The highest BCUT2D eigenvalue weighted by Crippen LogP contribution is 2.32. The second-order valence-electron chi connectivity index (χ2n) is 7.10. The number of aryl methyl sites for hydroxylation is 1. The summed E-state index contributed by atoms with van der Waals surface area (Å²) in [6.07, 6.45) is 5.00. The van der Waals surface area contributed by atoms with Crippen LogP contribution in [0.3, 0.4) is 0 Å². The van der Waals surface area contributed by atoms with E-state index in [1.54, 1.807) is 10.9 Å². The lowest BCUT2D eigenvalue weighted by molar-refractivity contribution is 0.738. The van der Waals surface area contributed by atoms with Crippen LogP contribution < -0.4 is 11.4 Å². The van der Waals surface area contributed by atoms with Gasteiger partial charge in [0.2, 0.25) is 0 Å². The Bertz CT molecular complexity index is 1400. The fourth-order valence-corrected chi connectivity index (χ4v) is 3.64. The van der Waals surface area contributed by atoms with Crippen LogP contribution in [0.15, 0.2) is 78.2 Å². The van der Waals surface area contributed by atoms with Crippen molar-refractivity contribution in [3.8, 4) is 16.8 Å². The Morgan fingerprint density at radius 3 is 2.53 bits per heavy atom. The number of nitrogens with zero attached hydrogens (tertiary/aromatic N) is 6. The second kappa shape index (κ2) is 7.00. The fourth-order valence-electron chi connectivity index (χ4n) is 3.64. The number of hydrogen-bond acceptors (Lipinski definition) is 5. The third-order valence-corrected chi connectivity index (χ3v) is 5.13. The zero-order valence-corrected chi connectivity index (χ0v) is 16.3. The molecule has 0 aliphatic rings. The average Bonchev–Trinajstić information content (AvgIpc) is 3.30. The highest BCUT2D eigenvalue weighted by Gasteiger charge is 2.14. The summed E-state index contributed by atoms with van der Waals surface area (Å²) in [5, 5.41) is 5.09. The van der Waals surface area contributed by atoms with Crippen LogP contribution in [0.1, 0.15) is 5.56 Å². The van der Waals surface area contributed by atoms with Crippen LogP contribution in [0.4, 0.5) is 5.82 Å². The highest BCUT2D eigenvalue weighted by molar-refractivity contribution is 6.00. The molecule has 0 bridgehead atoms. The molecule has 0 aliphatic heterocycles. The molecule has 8 heteroatoms. The summed E-state index contributed by atoms with van der Waals surface area (Å²) in [6, 6.07) is 17.5. The number of rotatable bonds is 4. The van der Waals surface area contributed by atoms with Gasteiger partial charge in [-0.1, -0.05) is 42.5 Å². The molecule has 3 aromatic heterocycles. The maximum Gasteiger partial charge on any atom is 0.350 e. The Labute approximate surface area is 171 Å². The van der Waals surface area contributed by atoms with Crippen LogP contribution in [-0.2, 0) is 13.6 Å². The Morgan fingerprint density at radius 2 is 1.77 bits per heavy atom. The largest absolute Gasteiger partial charge is 0.383 e. The molecule has 3 heterocycles.